The normalized spacial score (nSPS) is 33.1. The van der Waals surface area contributed by atoms with Gasteiger partial charge in [0.2, 0.25) is 5.78 Å². The first-order chi connectivity index (χ1) is 16.4. The van der Waals surface area contributed by atoms with Crippen LogP contribution >= 0.6 is 0 Å². The van der Waals surface area contributed by atoms with Gasteiger partial charge in [0, 0.05) is 28.7 Å². The van der Waals surface area contributed by atoms with Crippen molar-refractivity contribution in [2.45, 2.75) is 50.3 Å². The minimum absolute atomic E-state index is 0.0113. The Labute approximate surface area is 200 Å². The lowest BCUT2D eigenvalue weighted by molar-refractivity contribution is -0.145. The summed E-state index contributed by atoms with van der Waals surface area (Å²) >= 11 is 0. The molecule has 5 rings (SSSR count). The lowest BCUT2D eigenvalue weighted by Gasteiger charge is -2.47. The molecule has 10 heteroatoms. The van der Waals surface area contributed by atoms with Crippen LogP contribution in [0.3, 0.4) is 0 Å². The van der Waals surface area contributed by atoms with Gasteiger partial charge in [-0.05, 0) is 58.2 Å². The van der Waals surface area contributed by atoms with E-state index in [4.69, 9.17) is 5.73 Å². The number of rotatable bonds is 2. The zero-order chi connectivity index (χ0) is 25.6. The van der Waals surface area contributed by atoms with Crippen molar-refractivity contribution in [3.63, 3.8) is 0 Å². The summed E-state index contributed by atoms with van der Waals surface area (Å²) in [6.07, 6.45) is 1.36. The van der Waals surface area contributed by atoms with Crippen molar-refractivity contribution in [3.05, 3.63) is 51.2 Å². The van der Waals surface area contributed by atoms with E-state index >= 15 is 4.39 Å². The van der Waals surface area contributed by atoms with Crippen LogP contribution in [0.4, 0.5) is 4.39 Å². The minimum Gasteiger partial charge on any atom is -0.510 e. The number of halogens is 1. The zero-order valence-corrected chi connectivity index (χ0v) is 19.3. The number of allylic oxidation sites excluding steroid dienone is 1. The van der Waals surface area contributed by atoms with Crippen molar-refractivity contribution in [1.29, 1.82) is 0 Å². The summed E-state index contributed by atoms with van der Waals surface area (Å²) in [6, 6.07) is -0.388. The van der Waals surface area contributed by atoms with Gasteiger partial charge in [-0.15, -0.1) is 0 Å². The molecule has 4 aliphatic rings. The van der Waals surface area contributed by atoms with Crippen LogP contribution in [0.5, 0.6) is 5.75 Å². The topological polar surface area (TPSA) is 161 Å². The van der Waals surface area contributed by atoms with Gasteiger partial charge in [0.05, 0.1) is 11.6 Å². The van der Waals surface area contributed by atoms with E-state index < -0.39 is 69.5 Å². The number of nitrogens with zero attached hydrogens (tertiary/aromatic N) is 1. The number of hydrogen-bond acceptors (Lipinski definition) is 9. The minimum atomic E-state index is -2.70. The fourth-order valence-electron chi connectivity index (χ4n) is 6.43. The molecule has 0 spiro atoms. The van der Waals surface area contributed by atoms with Gasteiger partial charge in [-0.1, -0.05) is 0 Å². The highest BCUT2D eigenvalue weighted by Gasteiger charge is 2.62. The maximum Gasteiger partial charge on any atom is 0.209 e. The van der Waals surface area contributed by atoms with Gasteiger partial charge < -0.3 is 26.2 Å². The number of carbonyl (C=O) groups excluding carboxylic acids is 3. The number of phenols is 1. The third-order valence-electron chi connectivity index (χ3n) is 8.20. The number of Topliss-reactive ketones (excluding diaryl/α,β-unsaturated/α-hetero) is 3. The average molecular weight is 486 g/mol. The molecule has 1 heterocycles. The number of aliphatic hydroxyl groups excluding tert-OH is 2. The quantitative estimate of drug-likeness (QED) is 0.390. The number of hydrogen-bond donors (Lipinski definition) is 5. The van der Waals surface area contributed by atoms with Crippen LogP contribution in [0.15, 0.2) is 28.7 Å². The van der Waals surface area contributed by atoms with Crippen molar-refractivity contribution >= 4 is 17.3 Å². The van der Waals surface area contributed by atoms with Gasteiger partial charge in [0.25, 0.3) is 0 Å². The average Bonchev–Trinajstić information content (AvgIpc) is 3.22. The van der Waals surface area contributed by atoms with E-state index in [1.54, 1.807) is 0 Å². The Bertz CT molecular complexity index is 1270. The number of likely N-dealkylation sites (tertiary alicyclic amines) is 1. The highest BCUT2D eigenvalue weighted by Crippen LogP contribution is 2.52. The van der Waals surface area contributed by atoms with Crippen LogP contribution in [-0.2, 0) is 16.0 Å². The van der Waals surface area contributed by atoms with Gasteiger partial charge in [-0.2, -0.15) is 0 Å². The smallest absolute Gasteiger partial charge is 0.209 e. The number of benzene rings is 1. The van der Waals surface area contributed by atoms with E-state index in [9.17, 15) is 34.8 Å². The van der Waals surface area contributed by atoms with Gasteiger partial charge in [0.1, 0.15) is 28.7 Å². The standard InChI is InChI=1S/C25H27FN2O7/c1-9(29)16-22(32)20(27)13-7-10-6-12-18(21(31)17(10)24(34)25(13,35)23(16)33)15(30)8-11(19(12)26)14-4-3-5-28(14)2/h8,10,13-14,20,30,32,34-35H,3-7,27H2,1-2H3/t10-,13-,14?,20-,25+/m0/s1. The van der Waals surface area contributed by atoms with Crippen LogP contribution in [0.1, 0.15) is 53.7 Å². The number of aliphatic hydroxyl groups is 3. The predicted octanol–water partition coefficient (Wildman–Crippen LogP) is 1.53. The molecular formula is C25H27FN2O7. The maximum atomic E-state index is 15.8. The van der Waals surface area contributed by atoms with Crippen molar-refractivity contribution < 1.29 is 39.2 Å². The molecule has 1 unspecified atom stereocenters. The first kappa shape index (κ1) is 23.7. The fraction of sp³-hybridized carbons (Fsp3) is 0.480. The van der Waals surface area contributed by atoms with E-state index in [1.807, 2.05) is 11.9 Å². The largest absolute Gasteiger partial charge is 0.510 e. The molecule has 0 amide bonds. The van der Waals surface area contributed by atoms with Crippen LogP contribution in [0.2, 0.25) is 0 Å². The maximum absolute atomic E-state index is 15.8. The first-order valence-corrected chi connectivity index (χ1v) is 11.6. The van der Waals surface area contributed by atoms with Crippen molar-refractivity contribution in [2.75, 3.05) is 13.6 Å². The molecule has 0 bridgehead atoms. The van der Waals surface area contributed by atoms with Gasteiger partial charge in [-0.25, -0.2) is 4.39 Å². The van der Waals surface area contributed by atoms with Crippen LogP contribution in [0.25, 0.3) is 0 Å². The Morgan fingerprint density at radius 1 is 1.26 bits per heavy atom. The molecule has 6 N–H and O–H groups in total. The summed E-state index contributed by atoms with van der Waals surface area (Å²) < 4.78 is 15.8. The lowest BCUT2D eigenvalue weighted by atomic mass is 9.58. The summed E-state index contributed by atoms with van der Waals surface area (Å²) in [5.41, 5.74) is 2.32. The number of ketones is 3. The molecule has 1 aliphatic heterocycles. The van der Waals surface area contributed by atoms with E-state index in [-0.39, 0.29) is 41.1 Å². The van der Waals surface area contributed by atoms with Gasteiger partial charge >= 0.3 is 0 Å². The number of nitrogens with two attached hydrogens (primary N) is 1. The van der Waals surface area contributed by atoms with Crippen LogP contribution < -0.4 is 5.73 Å². The second-order valence-corrected chi connectivity index (χ2v) is 10.1. The Morgan fingerprint density at radius 2 is 1.94 bits per heavy atom. The Kier molecular flexibility index (Phi) is 5.21. The zero-order valence-electron chi connectivity index (χ0n) is 19.3. The fourth-order valence-corrected chi connectivity index (χ4v) is 6.43. The Hall–Kier alpha value is -3.08. The lowest BCUT2D eigenvalue weighted by Crippen LogP contribution is -2.62. The molecule has 1 aromatic rings. The highest BCUT2D eigenvalue weighted by atomic mass is 19.1. The van der Waals surface area contributed by atoms with Gasteiger partial charge in [0.15, 0.2) is 17.2 Å². The molecule has 0 saturated carbocycles. The monoisotopic (exact) mass is 486 g/mol. The van der Waals surface area contributed by atoms with Gasteiger partial charge in [-0.3, -0.25) is 19.3 Å². The molecule has 1 saturated heterocycles. The van der Waals surface area contributed by atoms with Crippen LogP contribution in [-0.4, -0.2) is 67.9 Å². The number of phenolic OH excluding ortho intramolecular Hbond substituents is 1. The second kappa shape index (κ2) is 7.71. The van der Waals surface area contributed by atoms with Crippen molar-refractivity contribution in [1.82, 2.24) is 4.90 Å². The first-order valence-electron chi connectivity index (χ1n) is 11.6. The molecule has 35 heavy (non-hydrogen) atoms. The molecule has 3 aliphatic carbocycles. The van der Waals surface area contributed by atoms with Crippen LogP contribution in [0, 0.1) is 17.7 Å². The van der Waals surface area contributed by atoms with Crippen molar-refractivity contribution in [3.8, 4) is 5.75 Å². The summed E-state index contributed by atoms with van der Waals surface area (Å²) in [5.74, 6) is -7.76. The molecular weight excluding hydrogens is 459 g/mol. The molecule has 0 aromatic heterocycles. The Balaban J connectivity index is 1.67. The second-order valence-electron chi connectivity index (χ2n) is 10.1. The van der Waals surface area contributed by atoms with E-state index in [0.29, 0.717) is 6.42 Å². The van der Waals surface area contributed by atoms with E-state index in [0.717, 1.165) is 19.9 Å². The number of fused-ring (bicyclic) bond motifs is 3. The highest BCUT2D eigenvalue weighted by molar-refractivity contribution is 6.25. The number of carbonyl (C=O) groups is 3. The molecule has 1 aromatic carbocycles. The summed E-state index contributed by atoms with van der Waals surface area (Å²) in [4.78, 5) is 40.5. The summed E-state index contributed by atoms with van der Waals surface area (Å²) in [7, 11) is 1.86. The number of aromatic hydroxyl groups is 1. The molecule has 5 atom stereocenters. The van der Waals surface area contributed by atoms with Crippen molar-refractivity contribution in [2.24, 2.45) is 17.6 Å². The molecule has 9 nitrogen and oxygen atoms in total. The molecule has 1 fully saturated rings. The summed E-state index contributed by atoms with van der Waals surface area (Å²) in [6.45, 7) is 1.79. The van der Waals surface area contributed by atoms with E-state index in [2.05, 4.69) is 0 Å². The predicted molar refractivity (Wildman–Crippen MR) is 120 cm³/mol. The molecule has 0 radical (unpaired) electrons. The molecule has 186 valence electrons. The van der Waals surface area contributed by atoms with E-state index in [1.165, 1.54) is 6.07 Å². The third kappa shape index (κ3) is 3.00. The summed E-state index contributed by atoms with van der Waals surface area (Å²) in [5, 5.41) is 43.6. The SMILES string of the molecule is CC(=O)C1=C(O)[C@@H](N)[C@@H]2C[C@@H]3Cc4c(F)c(C5CCCN5C)cc(O)c4C(=O)C3=C(O)[C@]2(O)C1=O. The third-order valence-corrected chi connectivity index (χ3v) is 8.20. The Morgan fingerprint density at radius 3 is 2.54 bits per heavy atom.